The molecule has 0 unspecified atom stereocenters. The summed E-state index contributed by atoms with van der Waals surface area (Å²) < 4.78 is 3.06. The van der Waals surface area contributed by atoms with Gasteiger partial charge in [-0.1, -0.05) is 23.7 Å². The van der Waals surface area contributed by atoms with E-state index in [1.807, 2.05) is 18.2 Å². The summed E-state index contributed by atoms with van der Waals surface area (Å²) >= 11 is 7.94. The van der Waals surface area contributed by atoms with Gasteiger partial charge in [-0.15, -0.1) is 0 Å². The Bertz CT molecular complexity index is 227. The molecule has 0 aliphatic heterocycles. The van der Waals surface area contributed by atoms with Gasteiger partial charge in [-0.2, -0.15) is 0 Å². The van der Waals surface area contributed by atoms with E-state index >= 15 is 0 Å². The highest BCUT2D eigenvalue weighted by atomic mass is 127. The SMILES string of the molecule is Clc1cccc(CCNI)c1. The second-order valence-electron chi connectivity index (χ2n) is 2.26. The van der Waals surface area contributed by atoms with Crippen LogP contribution in [0.2, 0.25) is 5.02 Å². The molecular formula is C8H9ClIN. The summed E-state index contributed by atoms with van der Waals surface area (Å²) in [6.07, 6.45) is 1.03. The number of hydrogen-bond acceptors (Lipinski definition) is 1. The molecule has 0 fully saturated rings. The van der Waals surface area contributed by atoms with E-state index in [4.69, 9.17) is 11.6 Å². The summed E-state index contributed by atoms with van der Waals surface area (Å²) in [6, 6.07) is 7.95. The molecule has 0 aliphatic rings. The Kier molecular flexibility index (Phi) is 4.18. The van der Waals surface area contributed by atoms with Crippen molar-refractivity contribution in [2.45, 2.75) is 6.42 Å². The van der Waals surface area contributed by atoms with E-state index in [1.165, 1.54) is 5.56 Å². The molecule has 11 heavy (non-hydrogen) atoms. The van der Waals surface area contributed by atoms with Crippen LogP contribution in [0, 0.1) is 0 Å². The van der Waals surface area contributed by atoms with Crippen molar-refractivity contribution < 1.29 is 0 Å². The molecular weight excluding hydrogens is 272 g/mol. The zero-order valence-corrected chi connectivity index (χ0v) is 8.89. The van der Waals surface area contributed by atoms with Gasteiger partial charge in [0, 0.05) is 34.4 Å². The molecule has 0 radical (unpaired) electrons. The first-order chi connectivity index (χ1) is 5.33. The summed E-state index contributed by atoms with van der Waals surface area (Å²) in [5.74, 6) is 0. The first-order valence-electron chi connectivity index (χ1n) is 3.41. The average molecular weight is 282 g/mol. The summed E-state index contributed by atoms with van der Waals surface area (Å²) in [4.78, 5) is 0. The monoisotopic (exact) mass is 281 g/mol. The lowest BCUT2D eigenvalue weighted by Gasteiger charge is -1.99. The molecule has 0 amide bonds. The molecule has 1 nitrogen and oxygen atoms in total. The predicted molar refractivity (Wildman–Crippen MR) is 57.2 cm³/mol. The van der Waals surface area contributed by atoms with Gasteiger partial charge in [0.15, 0.2) is 0 Å². The molecule has 1 aromatic carbocycles. The van der Waals surface area contributed by atoms with Crippen molar-refractivity contribution in [3.05, 3.63) is 34.9 Å². The molecule has 0 bridgehead atoms. The maximum absolute atomic E-state index is 5.80. The summed E-state index contributed by atoms with van der Waals surface area (Å²) in [5, 5.41) is 0.816. The maximum atomic E-state index is 5.80. The van der Waals surface area contributed by atoms with Crippen LogP contribution in [0.25, 0.3) is 0 Å². The molecule has 1 aromatic rings. The van der Waals surface area contributed by atoms with Gasteiger partial charge in [-0.05, 0) is 24.1 Å². The fourth-order valence-electron chi connectivity index (χ4n) is 0.884. The second kappa shape index (κ2) is 4.95. The van der Waals surface area contributed by atoms with Crippen LogP contribution >= 0.6 is 34.5 Å². The fraction of sp³-hybridized carbons (Fsp3) is 0.250. The Morgan fingerprint density at radius 3 is 2.91 bits per heavy atom. The normalized spacial score (nSPS) is 10.0. The van der Waals surface area contributed by atoms with E-state index in [2.05, 4.69) is 32.5 Å². The van der Waals surface area contributed by atoms with Crippen molar-refractivity contribution >= 4 is 34.5 Å². The fourth-order valence-corrected chi connectivity index (χ4v) is 1.37. The highest BCUT2D eigenvalue weighted by Gasteiger charge is 1.92. The third kappa shape index (κ3) is 3.40. The minimum absolute atomic E-state index is 0.816. The minimum Gasteiger partial charge on any atom is -0.261 e. The minimum atomic E-state index is 0.816. The standard InChI is InChI=1S/C8H9ClIN/c9-8-3-1-2-7(6-8)4-5-11-10/h1-3,6,11H,4-5H2. The summed E-state index contributed by atoms with van der Waals surface area (Å²) in [5.41, 5.74) is 1.28. The molecule has 0 aromatic heterocycles. The van der Waals surface area contributed by atoms with Crippen molar-refractivity contribution in [2.24, 2.45) is 0 Å². The lowest BCUT2D eigenvalue weighted by molar-refractivity contribution is 0.932. The topological polar surface area (TPSA) is 12.0 Å². The molecule has 0 aliphatic carbocycles. The van der Waals surface area contributed by atoms with Crippen LogP contribution in [-0.2, 0) is 6.42 Å². The number of benzene rings is 1. The lowest BCUT2D eigenvalue weighted by Crippen LogP contribution is -2.03. The number of rotatable bonds is 3. The Hall–Kier alpha value is 0.200. The van der Waals surface area contributed by atoms with Gasteiger partial charge in [-0.25, -0.2) is 0 Å². The number of halogens is 2. The summed E-state index contributed by atoms with van der Waals surface area (Å²) in [7, 11) is 0. The van der Waals surface area contributed by atoms with Gasteiger partial charge in [0.05, 0.1) is 0 Å². The Balaban J connectivity index is 2.56. The average Bonchev–Trinajstić information content (AvgIpc) is 2.01. The van der Waals surface area contributed by atoms with Crippen LogP contribution in [0.5, 0.6) is 0 Å². The van der Waals surface area contributed by atoms with E-state index in [9.17, 15) is 0 Å². The van der Waals surface area contributed by atoms with Gasteiger partial charge in [0.25, 0.3) is 0 Å². The highest BCUT2D eigenvalue weighted by Crippen LogP contribution is 2.10. The van der Waals surface area contributed by atoms with Gasteiger partial charge in [-0.3, -0.25) is 3.53 Å². The van der Waals surface area contributed by atoms with Gasteiger partial charge < -0.3 is 0 Å². The molecule has 0 spiro atoms. The van der Waals surface area contributed by atoms with E-state index in [0.717, 1.165) is 18.0 Å². The van der Waals surface area contributed by atoms with Crippen LogP contribution in [0.4, 0.5) is 0 Å². The van der Waals surface area contributed by atoms with Crippen molar-refractivity contribution in [3.8, 4) is 0 Å². The second-order valence-corrected chi connectivity index (χ2v) is 3.46. The smallest absolute Gasteiger partial charge is 0.0408 e. The molecule has 1 rings (SSSR count). The first kappa shape index (κ1) is 9.29. The van der Waals surface area contributed by atoms with Crippen molar-refractivity contribution in [2.75, 3.05) is 6.54 Å². The third-order valence-corrected chi connectivity index (χ3v) is 2.17. The molecule has 0 saturated carbocycles. The van der Waals surface area contributed by atoms with E-state index in [-0.39, 0.29) is 0 Å². The van der Waals surface area contributed by atoms with Gasteiger partial charge >= 0.3 is 0 Å². The van der Waals surface area contributed by atoms with Crippen LogP contribution in [0.15, 0.2) is 24.3 Å². The van der Waals surface area contributed by atoms with Gasteiger partial charge in [0.1, 0.15) is 0 Å². The van der Waals surface area contributed by atoms with Crippen LogP contribution in [0.1, 0.15) is 5.56 Å². The van der Waals surface area contributed by atoms with E-state index in [1.54, 1.807) is 0 Å². The van der Waals surface area contributed by atoms with Crippen LogP contribution in [-0.4, -0.2) is 6.54 Å². The Morgan fingerprint density at radius 1 is 1.45 bits per heavy atom. The zero-order valence-electron chi connectivity index (χ0n) is 5.98. The van der Waals surface area contributed by atoms with Crippen LogP contribution < -0.4 is 3.53 Å². The Morgan fingerprint density at radius 2 is 2.27 bits per heavy atom. The molecule has 0 atom stereocenters. The first-order valence-corrected chi connectivity index (χ1v) is 4.86. The maximum Gasteiger partial charge on any atom is 0.0408 e. The lowest BCUT2D eigenvalue weighted by atomic mass is 10.2. The molecule has 3 heteroatoms. The Labute approximate surface area is 85.6 Å². The quantitative estimate of drug-likeness (QED) is 0.663. The summed E-state index contributed by atoms with van der Waals surface area (Å²) in [6.45, 7) is 0.987. The molecule has 1 N–H and O–H groups in total. The van der Waals surface area contributed by atoms with Crippen molar-refractivity contribution in [1.82, 2.24) is 3.53 Å². The van der Waals surface area contributed by atoms with E-state index < -0.39 is 0 Å². The largest absolute Gasteiger partial charge is 0.261 e. The molecule has 60 valence electrons. The highest BCUT2D eigenvalue weighted by molar-refractivity contribution is 14.1. The third-order valence-electron chi connectivity index (χ3n) is 1.40. The van der Waals surface area contributed by atoms with Crippen LogP contribution in [0.3, 0.4) is 0 Å². The molecule has 0 saturated heterocycles. The predicted octanol–water partition coefficient (Wildman–Crippen LogP) is 2.82. The zero-order chi connectivity index (χ0) is 8.10. The van der Waals surface area contributed by atoms with E-state index in [0.29, 0.717) is 0 Å². The number of hydrogen-bond donors (Lipinski definition) is 1. The van der Waals surface area contributed by atoms with Crippen molar-refractivity contribution in [1.29, 1.82) is 0 Å². The van der Waals surface area contributed by atoms with Gasteiger partial charge in [0.2, 0.25) is 0 Å². The molecule has 0 heterocycles. The van der Waals surface area contributed by atoms with Crippen molar-refractivity contribution in [3.63, 3.8) is 0 Å². The number of nitrogens with one attached hydrogen (secondary N) is 1.